The molecular formula is C70H117N5O50. The largest absolute Gasteiger partial charge is 0.394 e. The average molecular weight is 1830 g/mol. The summed E-state index contributed by atoms with van der Waals surface area (Å²) in [5, 5.41) is 306. The number of carbonyl (C=O) groups excluding carboxylic acids is 5. The molecule has 55 nitrogen and oxygen atoms in total. The number of ether oxygens (including phenoxy) is 19. The molecule has 10 aliphatic heterocycles. The highest BCUT2D eigenvalue weighted by Crippen LogP contribution is 2.42. The summed E-state index contributed by atoms with van der Waals surface area (Å²) >= 11 is 0. The second kappa shape index (κ2) is 44.9. The molecule has 722 valence electrons. The molecule has 125 heavy (non-hydrogen) atoms. The van der Waals surface area contributed by atoms with Crippen molar-refractivity contribution < 1.29 is 247 Å². The molecule has 31 N–H and O–H groups in total. The van der Waals surface area contributed by atoms with Crippen molar-refractivity contribution in [2.75, 3.05) is 59.5 Å². The lowest BCUT2D eigenvalue weighted by Gasteiger charge is -2.53. The standard InChI is InChI=1S/C70H117N5O50/c1-16-36(89)46(99)50(103)66(108-16)122-57-35(75-21(6)88)65(116-29(14-83)55(57)121-67-51(104)47(100)39(92)24(9-78)112-67)125-60-49(102)41(94)26(11-80)114-70(60)123-58-52(105)68(119-54-28(13-82)115-64(34(45(54)98)74-20(5)87)118-53-27(12-81)109-61(106)31(44(53)97)71-17(2)84)117-30(56(58)120-62-32(72-18(3)85)42(95)37(90)22(7-76)110-62)15-107-69-59(48(101)40(93)25(10-79)113-69)124-63-33(73-19(4)86)43(96)38(91)23(8-77)111-63/h16,22-70,76-83,89-106H,7-15H2,1-6H3,(H,71,84)(H,72,85)(H,73,86)(H,74,87)(H,75,88)/t16-,22+,23+,24+,25+,26+,27+,28+,29+,30+,31+,32+,33+,34+,35+,36+,37+,38+,39-,40+,41+,42+,43+,44+,45+,46+,47-,48-,49-,50-,51+,52-,53+,54+,55+,56+,57+,58+,59-,60-,61?,62-,63-,64-,65-,66-,67-,68-,69-,70+/m0/s1. The third-order valence-electron chi connectivity index (χ3n) is 22.8. The van der Waals surface area contributed by atoms with Crippen molar-refractivity contribution in [3.63, 3.8) is 0 Å². The predicted octanol–water partition coefficient (Wildman–Crippen LogP) is -21.1. The Labute approximate surface area is 708 Å². The monoisotopic (exact) mass is 1830 g/mol. The van der Waals surface area contributed by atoms with Crippen LogP contribution in [0.15, 0.2) is 0 Å². The van der Waals surface area contributed by atoms with Crippen molar-refractivity contribution >= 4 is 29.5 Å². The zero-order chi connectivity index (χ0) is 92.1. The molecule has 0 bridgehead atoms. The van der Waals surface area contributed by atoms with Gasteiger partial charge < -0.3 is 249 Å². The Bertz CT molecular complexity index is 3420. The van der Waals surface area contributed by atoms with E-state index in [0.29, 0.717) is 0 Å². The van der Waals surface area contributed by atoms with E-state index in [0.717, 1.165) is 34.6 Å². The van der Waals surface area contributed by atoms with Gasteiger partial charge in [-0.3, -0.25) is 24.0 Å². The molecule has 0 aromatic carbocycles. The van der Waals surface area contributed by atoms with Gasteiger partial charge in [-0.05, 0) is 6.92 Å². The van der Waals surface area contributed by atoms with Crippen molar-refractivity contribution in [3.8, 4) is 0 Å². The number of aliphatic hydroxyl groups excluding tert-OH is 26. The van der Waals surface area contributed by atoms with Gasteiger partial charge in [-0.15, -0.1) is 0 Å². The first-order valence-electron chi connectivity index (χ1n) is 40.0. The number of carbonyl (C=O) groups is 5. The zero-order valence-electron chi connectivity index (χ0n) is 67.7. The summed E-state index contributed by atoms with van der Waals surface area (Å²) in [5.41, 5.74) is 0. The molecule has 1 unspecified atom stereocenters. The smallest absolute Gasteiger partial charge is 0.217 e. The van der Waals surface area contributed by atoms with Gasteiger partial charge in [-0.1, -0.05) is 0 Å². The Balaban J connectivity index is 1.12. The Morgan fingerprint density at radius 1 is 0.224 bits per heavy atom. The van der Waals surface area contributed by atoms with Gasteiger partial charge in [0.05, 0.1) is 65.6 Å². The first-order valence-corrected chi connectivity index (χ1v) is 40.0. The maximum Gasteiger partial charge on any atom is 0.217 e. The molecule has 0 aromatic heterocycles. The minimum atomic E-state index is -2.79. The highest BCUT2D eigenvalue weighted by atomic mass is 16.8. The van der Waals surface area contributed by atoms with E-state index >= 15 is 0 Å². The zero-order valence-corrected chi connectivity index (χ0v) is 67.7. The molecule has 55 heteroatoms. The van der Waals surface area contributed by atoms with Crippen LogP contribution in [0.4, 0.5) is 0 Å². The summed E-state index contributed by atoms with van der Waals surface area (Å²) in [6.45, 7) is -4.84. The molecule has 50 atom stereocenters. The Hall–Kier alpha value is -4.45. The molecule has 10 saturated heterocycles. The van der Waals surface area contributed by atoms with Gasteiger partial charge in [0.25, 0.3) is 0 Å². The van der Waals surface area contributed by atoms with Crippen LogP contribution in [0.2, 0.25) is 0 Å². The summed E-state index contributed by atoms with van der Waals surface area (Å²) in [6, 6.07) is -9.74. The first-order chi connectivity index (χ1) is 59.1. The number of nitrogens with one attached hydrogen (secondary N) is 5. The highest BCUT2D eigenvalue weighted by molar-refractivity contribution is 5.75. The van der Waals surface area contributed by atoms with Crippen LogP contribution in [-0.2, 0) is 114 Å². The molecular weight excluding hydrogens is 1710 g/mol. The molecule has 10 fully saturated rings. The summed E-state index contributed by atoms with van der Waals surface area (Å²) < 4.78 is 117. The summed E-state index contributed by atoms with van der Waals surface area (Å²) in [5.74, 6) is -4.79. The van der Waals surface area contributed by atoms with Crippen molar-refractivity contribution in [3.05, 3.63) is 0 Å². The topological polar surface area (TPSA) is 847 Å². The summed E-state index contributed by atoms with van der Waals surface area (Å²) in [6.07, 6.45) is -97.9. The van der Waals surface area contributed by atoms with Gasteiger partial charge in [0.15, 0.2) is 62.9 Å². The molecule has 0 saturated carbocycles. The van der Waals surface area contributed by atoms with E-state index in [1.165, 1.54) is 6.92 Å². The summed E-state index contributed by atoms with van der Waals surface area (Å²) in [7, 11) is 0. The Morgan fingerprint density at radius 3 is 0.952 bits per heavy atom. The predicted molar refractivity (Wildman–Crippen MR) is 386 cm³/mol. The van der Waals surface area contributed by atoms with Gasteiger partial charge in [0, 0.05) is 34.6 Å². The minimum absolute atomic E-state index is 0.821. The van der Waals surface area contributed by atoms with Crippen LogP contribution in [-0.4, -0.2) is 529 Å². The van der Waals surface area contributed by atoms with Gasteiger partial charge in [0.2, 0.25) is 29.5 Å². The Morgan fingerprint density at radius 2 is 0.496 bits per heavy atom. The number of aliphatic hydroxyl groups is 26. The van der Waals surface area contributed by atoms with Crippen LogP contribution in [0.1, 0.15) is 41.5 Å². The maximum absolute atomic E-state index is 13.7. The minimum Gasteiger partial charge on any atom is -0.394 e. The van der Waals surface area contributed by atoms with E-state index in [9.17, 15) is 157 Å². The second-order valence-corrected chi connectivity index (χ2v) is 31.7. The van der Waals surface area contributed by atoms with Gasteiger partial charge in [-0.25, -0.2) is 0 Å². The van der Waals surface area contributed by atoms with Crippen molar-refractivity contribution in [2.24, 2.45) is 0 Å². The fourth-order valence-corrected chi connectivity index (χ4v) is 16.3. The molecule has 0 radical (unpaired) electrons. The van der Waals surface area contributed by atoms with E-state index < -0.39 is 396 Å². The molecule has 10 aliphatic rings. The quantitative estimate of drug-likeness (QED) is 0.0297. The molecule has 0 aliphatic carbocycles. The average Bonchev–Trinajstić information content (AvgIpc) is 0.754. The SMILES string of the molecule is CC(=O)N[C@H]1[C@H](O[C@H]2[C@H](O)[C@@H](NC(C)=O)C(O)O[C@@H]2CO)O[C@H](CO)[C@@H](O[C@@H]2O[C@H](CO[C@H]3O[C@H](CO)[C@@H](O)[C@H](O)[C@@H]3O[C@@H]3O[C@H](CO)[C@@H](O)[C@H](O)[C@H]3NC(C)=O)[C@@H](O[C@@H]3O[C@H](CO)[C@@H](O)[C@H](O)[C@H]3NC(C)=O)[C@H](O[C@H]3O[C@H](CO)[C@@H](O)[C@H](O)[C@@H]3O[C@@H]3O[C@H](CO)[C@@H](O[C@@H]4O[C@H](CO)[C@H](O)[C@H](O)[C@H]4O)[C@H](O[C@@H]4O[C@@H](C)[C@@H](O)[C@@H](O)[C@@H]4O)[C@H]3NC(C)=O)[C@@H]2O)[C@@H]1O. The lowest BCUT2D eigenvalue weighted by molar-refractivity contribution is -0.411. The first kappa shape index (κ1) is 103. The molecule has 0 spiro atoms. The van der Waals surface area contributed by atoms with Crippen LogP contribution in [0.25, 0.3) is 0 Å². The lowest BCUT2D eigenvalue weighted by atomic mass is 9.93. The third-order valence-corrected chi connectivity index (χ3v) is 22.8. The fourth-order valence-electron chi connectivity index (χ4n) is 16.3. The fraction of sp³-hybridized carbons (Fsp3) is 0.929. The number of hydrogen-bond acceptors (Lipinski definition) is 50. The molecule has 10 heterocycles. The van der Waals surface area contributed by atoms with Crippen LogP contribution in [0.5, 0.6) is 0 Å². The van der Waals surface area contributed by atoms with E-state index in [1.807, 2.05) is 0 Å². The van der Waals surface area contributed by atoms with E-state index in [4.69, 9.17) is 90.0 Å². The van der Waals surface area contributed by atoms with E-state index in [1.54, 1.807) is 0 Å². The van der Waals surface area contributed by atoms with E-state index in [2.05, 4.69) is 26.6 Å². The van der Waals surface area contributed by atoms with Gasteiger partial charge >= 0.3 is 0 Å². The molecule has 10 rings (SSSR count). The third kappa shape index (κ3) is 22.9. The maximum atomic E-state index is 13.7. The Kier molecular flexibility index (Phi) is 36.8. The van der Waals surface area contributed by atoms with E-state index in [-0.39, 0.29) is 0 Å². The number of rotatable bonds is 32. The number of hydrogen-bond donors (Lipinski definition) is 31. The van der Waals surface area contributed by atoms with Crippen LogP contribution >= 0.6 is 0 Å². The van der Waals surface area contributed by atoms with Crippen LogP contribution < -0.4 is 26.6 Å². The molecule has 0 aromatic rings. The van der Waals surface area contributed by atoms with Crippen LogP contribution in [0, 0.1) is 0 Å². The number of amides is 5. The lowest BCUT2D eigenvalue weighted by Crippen LogP contribution is -2.72. The normalized spacial score (nSPS) is 48.7. The second-order valence-electron chi connectivity index (χ2n) is 31.7. The summed E-state index contributed by atoms with van der Waals surface area (Å²) in [4.78, 5) is 65.1. The molecule has 5 amide bonds. The van der Waals surface area contributed by atoms with Crippen molar-refractivity contribution in [1.82, 2.24) is 26.6 Å². The van der Waals surface area contributed by atoms with Crippen molar-refractivity contribution in [1.29, 1.82) is 0 Å². The van der Waals surface area contributed by atoms with Crippen molar-refractivity contribution in [2.45, 2.75) is 348 Å². The van der Waals surface area contributed by atoms with Crippen LogP contribution in [0.3, 0.4) is 0 Å². The highest BCUT2D eigenvalue weighted by Gasteiger charge is 2.63. The van der Waals surface area contributed by atoms with Gasteiger partial charge in [0.1, 0.15) is 238 Å². The van der Waals surface area contributed by atoms with Gasteiger partial charge in [-0.2, -0.15) is 0 Å².